The number of nitrogens with one attached hydrogen (secondary N) is 1. The van der Waals surface area contributed by atoms with Crippen molar-refractivity contribution in [1.82, 2.24) is 0 Å². The molecule has 0 radical (unpaired) electrons. The number of anilines is 1. The summed E-state index contributed by atoms with van der Waals surface area (Å²) in [7, 11) is 1.68. The van der Waals surface area contributed by atoms with Gasteiger partial charge in [0.05, 0.1) is 7.11 Å². The van der Waals surface area contributed by atoms with E-state index in [9.17, 15) is 0 Å². The molecule has 96 valence electrons. The van der Waals surface area contributed by atoms with Gasteiger partial charge in [0.15, 0.2) is 0 Å². The zero-order valence-electron chi connectivity index (χ0n) is 10.6. The van der Waals surface area contributed by atoms with Gasteiger partial charge < -0.3 is 15.8 Å². The molecule has 3 nitrogen and oxygen atoms in total. The molecule has 1 unspecified atom stereocenters. The molecule has 0 aliphatic carbocycles. The lowest BCUT2D eigenvalue weighted by atomic mass is 10.1. The Labute approximate surface area is 108 Å². The Kier molecular flexibility index (Phi) is 6.89. The number of methoxy groups -OCH3 is 1. The van der Waals surface area contributed by atoms with Crippen LogP contribution in [-0.4, -0.2) is 31.7 Å². The number of nitrogens with two attached hydrogens (primary N) is 1. The number of rotatable bonds is 8. The highest BCUT2D eigenvalue weighted by Gasteiger charge is 2.06. The lowest BCUT2D eigenvalue weighted by Gasteiger charge is -2.18. The molecule has 1 aromatic rings. The number of hydrogen-bond acceptors (Lipinski definition) is 4. The van der Waals surface area contributed by atoms with Crippen LogP contribution >= 0.6 is 11.8 Å². The maximum atomic E-state index is 5.77. The standard InChI is InChI=1S/C13H22N2OS/c1-16-13-7-3-5-11(9-13)15-12(10-14)6-4-8-17-2/h3,5,7,9,12,15H,4,6,8,10,14H2,1-2H3. The van der Waals surface area contributed by atoms with Gasteiger partial charge in [-0.25, -0.2) is 0 Å². The third kappa shape index (κ3) is 5.33. The van der Waals surface area contributed by atoms with Gasteiger partial charge in [-0.1, -0.05) is 6.07 Å². The first-order valence-corrected chi connectivity index (χ1v) is 7.29. The molecule has 0 aromatic heterocycles. The molecular weight excluding hydrogens is 232 g/mol. The van der Waals surface area contributed by atoms with E-state index in [2.05, 4.69) is 11.6 Å². The summed E-state index contributed by atoms with van der Waals surface area (Å²) < 4.78 is 5.19. The van der Waals surface area contributed by atoms with Gasteiger partial charge in [0, 0.05) is 24.3 Å². The summed E-state index contributed by atoms with van der Waals surface area (Å²) in [4.78, 5) is 0. The zero-order valence-corrected chi connectivity index (χ0v) is 11.4. The molecule has 0 spiro atoms. The van der Waals surface area contributed by atoms with E-state index < -0.39 is 0 Å². The predicted molar refractivity (Wildman–Crippen MR) is 77.1 cm³/mol. The van der Waals surface area contributed by atoms with E-state index in [1.807, 2.05) is 36.0 Å². The number of benzene rings is 1. The summed E-state index contributed by atoms with van der Waals surface area (Å²) in [6.07, 6.45) is 4.43. The quantitative estimate of drug-likeness (QED) is 0.700. The molecule has 1 aromatic carbocycles. The minimum absolute atomic E-state index is 0.342. The molecule has 4 heteroatoms. The van der Waals surface area contributed by atoms with Gasteiger partial charge in [0.2, 0.25) is 0 Å². The summed E-state index contributed by atoms with van der Waals surface area (Å²) in [5, 5.41) is 3.45. The van der Waals surface area contributed by atoms with Crippen LogP contribution in [0.5, 0.6) is 5.75 Å². The smallest absolute Gasteiger partial charge is 0.120 e. The number of ether oxygens (including phenoxy) is 1. The minimum Gasteiger partial charge on any atom is -0.497 e. The van der Waals surface area contributed by atoms with Gasteiger partial charge in [-0.15, -0.1) is 0 Å². The van der Waals surface area contributed by atoms with Crippen molar-refractivity contribution in [3.8, 4) is 5.75 Å². The molecule has 0 bridgehead atoms. The van der Waals surface area contributed by atoms with Crippen LogP contribution in [0.3, 0.4) is 0 Å². The molecular formula is C13H22N2OS. The third-order valence-corrected chi connectivity index (χ3v) is 3.32. The van der Waals surface area contributed by atoms with Crippen molar-refractivity contribution in [2.24, 2.45) is 5.73 Å². The molecule has 0 amide bonds. The van der Waals surface area contributed by atoms with E-state index in [-0.39, 0.29) is 0 Å². The van der Waals surface area contributed by atoms with Crippen molar-refractivity contribution in [1.29, 1.82) is 0 Å². The largest absolute Gasteiger partial charge is 0.497 e. The second kappa shape index (κ2) is 8.25. The lowest BCUT2D eigenvalue weighted by molar-refractivity contribution is 0.415. The first kappa shape index (κ1) is 14.2. The number of hydrogen-bond donors (Lipinski definition) is 2. The van der Waals surface area contributed by atoms with Gasteiger partial charge in [0.1, 0.15) is 5.75 Å². The van der Waals surface area contributed by atoms with Gasteiger partial charge >= 0.3 is 0 Å². The third-order valence-electron chi connectivity index (χ3n) is 2.63. The molecule has 0 saturated carbocycles. The Morgan fingerprint density at radius 2 is 2.29 bits per heavy atom. The Balaban J connectivity index is 2.48. The van der Waals surface area contributed by atoms with Crippen molar-refractivity contribution in [2.45, 2.75) is 18.9 Å². The normalized spacial score (nSPS) is 12.2. The topological polar surface area (TPSA) is 47.3 Å². The molecule has 17 heavy (non-hydrogen) atoms. The molecule has 0 fully saturated rings. The maximum Gasteiger partial charge on any atom is 0.120 e. The van der Waals surface area contributed by atoms with Crippen molar-refractivity contribution in [2.75, 3.05) is 31.0 Å². The molecule has 0 saturated heterocycles. The van der Waals surface area contributed by atoms with E-state index in [1.165, 1.54) is 12.2 Å². The summed E-state index contributed by atoms with van der Waals surface area (Å²) in [6.45, 7) is 0.658. The second-order valence-electron chi connectivity index (χ2n) is 3.94. The van der Waals surface area contributed by atoms with Crippen molar-refractivity contribution in [3.63, 3.8) is 0 Å². The van der Waals surface area contributed by atoms with Crippen LogP contribution in [0.15, 0.2) is 24.3 Å². The summed E-state index contributed by atoms with van der Waals surface area (Å²) >= 11 is 1.88. The monoisotopic (exact) mass is 254 g/mol. The Morgan fingerprint density at radius 1 is 1.47 bits per heavy atom. The molecule has 0 aliphatic rings. The van der Waals surface area contributed by atoms with Gasteiger partial charge in [-0.05, 0) is 37.0 Å². The first-order chi connectivity index (χ1) is 8.30. The van der Waals surface area contributed by atoms with Crippen LogP contribution in [0.4, 0.5) is 5.69 Å². The SMILES string of the molecule is COc1cccc(NC(CN)CCCSC)c1. The Hall–Kier alpha value is -0.870. The molecule has 0 heterocycles. The van der Waals surface area contributed by atoms with Crippen LogP contribution in [-0.2, 0) is 0 Å². The minimum atomic E-state index is 0.342. The van der Waals surface area contributed by atoms with Crippen molar-refractivity contribution < 1.29 is 4.74 Å². The molecule has 1 atom stereocenters. The highest BCUT2D eigenvalue weighted by Crippen LogP contribution is 2.18. The van der Waals surface area contributed by atoms with E-state index in [0.29, 0.717) is 12.6 Å². The van der Waals surface area contributed by atoms with E-state index in [0.717, 1.165) is 17.9 Å². The van der Waals surface area contributed by atoms with E-state index in [1.54, 1.807) is 7.11 Å². The highest BCUT2D eigenvalue weighted by molar-refractivity contribution is 7.98. The fourth-order valence-electron chi connectivity index (χ4n) is 1.67. The molecule has 3 N–H and O–H groups in total. The summed E-state index contributed by atoms with van der Waals surface area (Å²) in [6, 6.07) is 8.30. The fourth-order valence-corrected chi connectivity index (χ4v) is 2.13. The molecule has 0 aliphatic heterocycles. The van der Waals surface area contributed by atoms with Gasteiger partial charge in [0.25, 0.3) is 0 Å². The second-order valence-corrected chi connectivity index (χ2v) is 4.93. The highest BCUT2D eigenvalue weighted by atomic mass is 32.2. The van der Waals surface area contributed by atoms with E-state index >= 15 is 0 Å². The van der Waals surface area contributed by atoms with Crippen LogP contribution in [0.1, 0.15) is 12.8 Å². The van der Waals surface area contributed by atoms with Gasteiger partial charge in [-0.2, -0.15) is 11.8 Å². The first-order valence-electron chi connectivity index (χ1n) is 5.89. The Morgan fingerprint density at radius 3 is 2.94 bits per heavy atom. The lowest BCUT2D eigenvalue weighted by Crippen LogP contribution is -2.28. The maximum absolute atomic E-state index is 5.77. The van der Waals surface area contributed by atoms with Crippen LogP contribution in [0, 0.1) is 0 Å². The van der Waals surface area contributed by atoms with Crippen LogP contribution in [0.2, 0.25) is 0 Å². The van der Waals surface area contributed by atoms with Crippen LogP contribution in [0.25, 0.3) is 0 Å². The Bertz CT molecular complexity index is 320. The fraction of sp³-hybridized carbons (Fsp3) is 0.538. The summed E-state index contributed by atoms with van der Waals surface area (Å²) in [5.74, 6) is 2.06. The molecule has 1 rings (SSSR count). The number of thioether (sulfide) groups is 1. The van der Waals surface area contributed by atoms with Crippen molar-refractivity contribution >= 4 is 17.4 Å². The van der Waals surface area contributed by atoms with Crippen molar-refractivity contribution in [3.05, 3.63) is 24.3 Å². The zero-order chi connectivity index (χ0) is 12.5. The average molecular weight is 254 g/mol. The van der Waals surface area contributed by atoms with E-state index in [4.69, 9.17) is 10.5 Å². The van der Waals surface area contributed by atoms with Gasteiger partial charge in [-0.3, -0.25) is 0 Å². The van der Waals surface area contributed by atoms with Crippen LogP contribution < -0.4 is 15.8 Å². The average Bonchev–Trinajstić information content (AvgIpc) is 2.38. The summed E-state index contributed by atoms with van der Waals surface area (Å²) in [5.41, 5.74) is 6.85. The predicted octanol–water partition coefficient (Wildman–Crippen LogP) is 2.58.